The van der Waals surface area contributed by atoms with E-state index in [2.05, 4.69) is 5.32 Å². The third kappa shape index (κ3) is 4.55. The quantitative estimate of drug-likeness (QED) is 0.518. The largest absolute Gasteiger partial charge is 0.397 e. The van der Waals surface area contributed by atoms with Gasteiger partial charge < -0.3 is 16.2 Å². The molecule has 0 spiro atoms. The Hall–Kier alpha value is -1.20. The fraction of sp³-hybridized carbons (Fsp3) is 0.364. The minimum Gasteiger partial charge on any atom is -0.397 e. The number of nitrogen functional groups attached to an aromatic ring is 1. The third-order valence-electron chi connectivity index (χ3n) is 1.91. The van der Waals surface area contributed by atoms with Crippen LogP contribution in [-0.2, 0) is 4.79 Å². The van der Waals surface area contributed by atoms with Crippen molar-refractivity contribution in [1.82, 2.24) is 0 Å². The van der Waals surface area contributed by atoms with E-state index in [0.717, 1.165) is 5.75 Å². The van der Waals surface area contributed by atoms with Crippen molar-refractivity contribution < 1.29 is 9.90 Å². The summed E-state index contributed by atoms with van der Waals surface area (Å²) in [6.07, 6.45) is 0.714. The molecule has 4 nitrogen and oxygen atoms in total. The Labute approximate surface area is 99.2 Å². The number of para-hydroxylation sites is 2. The maximum atomic E-state index is 11.5. The van der Waals surface area contributed by atoms with E-state index in [1.165, 1.54) is 11.8 Å². The van der Waals surface area contributed by atoms with E-state index in [1.807, 2.05) is 12.1 Å². The lowest BCUT2D eigenvalue weighted by Gasteiger charge is -2.07. The standard InChI is InChI=1S/C11H16N2O2S/c12-9-4-1-2-5-10(9)13-11(15)8-16-7-3-6-14/h1-2,4-5,14H,3,6-8,12H2,(H,13,15). The van der Waals surface area contributed by atoms with Crippen LogP contribution in [0.25, 0.3) is 0 Å². The molecule has 0 saturated carbocycles. The molecule has 5 heteroatoms. The summed E-state index contributed by atoms with van der Waals surface area (Å²) >= 11 is 1.50. The van der Waals surface area contributed by atoms with Gasteiger partial charge in [-0.3, -0.25) is 4.79 Å². The average molecular weight is 240 g/mol. The van der Waals surface area contributed by atoms with E-state index in [9.17, 15) is 4.79 Å². The summed E-state index contributed by atoms with van der Waals surface area (Å²) in [6, 6.07) is 7.16. The first-order chi connectivity index (χ1) is 7.74. The molecule has 0 unspecified atom stereocenters. The van der Waals surface area contributed by atoms with Gasteiger partial charge in [-0.1, -0.05) is 12.1 Å². The Balaban J connectivity index is 2.32. The number of carbonyl (C=O) groups excluding carboxylic acids is 1. The van der Waals surface area contributed by atoms with Crippen LogP contribution in [0.15, 0.2) is 24.3 Å². The number of carbonyl (C=O) groups is 1. The van der Waals surface area contributed by atoms with E-state index < -0.39 is 0 Å². The van der Waals surface area contributed by atoms with Gasteiger partial charge in [-0.05, 0) is 24.3 Å². The zero-order valence-corrected chi connectivity index (χ0v) is 9.80. The molecule has 0 heterocycles. The first-order valence-corrected chi connectivity index (χ1v) is 6.22. The van der Waals surface area contributed by atoms with Gasteiger partial charge in [0, 0.05) is 6.61 Å². The molecule has 0 atom stereocenters. The average Bonchev–Trinajstić information content (AvgIpc) is 2.28. The van der Waals surface area contributed by atoms with Crippen molar-refractivity contribution in [1.29, 1.82) is 0 Å². The summed E-state index contributed by atoms with van der Waals surface area (Å²) in [5.41, 5.74) is 6.90. The molecule has 0 aliphatic heterocycles. The summed E-state index contributed by atoms with van der Waals surface area (Å²) in [5.74, 6) is 1.10. The van der Waals surface area contributed by atoms with Gasteiger partial charge in [-0.25, -0.2) is 0 Å². The maximum Gasteiger partial charge on any atom is 0.234 e. The van der Waals surface area contributed by atoms with Crippen molar-refractivity contribution in [2.75, 3.05) is 29.2 Å². The van der Waals surface area contributed by atoms with Gasteiger partial charge in [-0.2, -0.15) is 11.8 Å². The molecular formula is C11H16N2O2S. The van der Waals surface area contributed by atoms with Crippen LogP contribution < -0.4 is 11.1 Å². The number of rotatable bonds is 6. The molecule has 16 heavy (non-hydrogen) atoms. The van der Waals surface area contributed by atoms with E-state index in [0.29, 0.717) is 23.5 Å². The highest BCUT2D eigenvalue weighted by molar-refractivity contribution is 7.99. The van der Waals surface area contributed by atoms with Gasteiger partial charge >= 0.3 is 0 Å². The fourth-order valence-corrected chi connectivity index (χ4v) is 1.86. The van der Waals surface area contributed by atoms with Crippen molar-refractivity contribution in [3.8, 4) is 0 Å². The molecule has 0 aliphatic carbocycles. The first kappa shape index (κ1) is 12.9. The van der Waals surface area contributed by atoms with E-state index in [1.54, 1.807) is 12.1 Å². The molecule has 4 N–H and O–H groups in total. The predicted molar refractivity (Wildman–Crippen MR) is 68.5 cm³/mol. The third-order valence-corrected chi connectivity index (χ3v) is 2.96. The molecule has 0 fully saturated rings. The Morgan fingerprint density at radius 2 is 2.19 bits per heavy atom. The van der Waals surface area contributed by atoms with Crippen LogP contribution in [0.4, 0.5) is 11.4 Å². The van der Waals surface area contributed by atoms with Crippen LogP contribution in [0.2, 0.25) is 0 Å². The van der Waals surface area contributed by atoms with Crippen LogP contribution in [-0.4, -0.2) is 29.1 Å². The summed E-state index contributed by atoms with van der Waals surface area (Å²) in [6.45, 7) is 0.167. The molecular weight excluding hydrogens is 224 g/mol. The van der Waals surface area contributed by atoms with Gasteiger partial charge in [0.2, 0.25) is 5.91 Å². The highest BCUT2D eigenvalue weighted by atomic mass is 32.2. The molecule has 0 aliphatic rings. The van der Waals surface area contributed by atoms with Crippen LogP contribution in [0.1, 0.15) is 6.42 Å². The minimum absolute atomic E-state index is 0.0687. The first-order valence-electron chi connectivity index (χ1n) is 5.07. The molecule has 88 valence electrons. The van der Waals surface area contributed by atoms with Crippen molar-refractivity contribution in [2.24, 2.45) is 0 Å². The second-order valence-electron chi connectivity index (χ2n) is 3.27. The molecule has 1 aromatic carbocycles. The van der Waals surface area contributed by atoms with Crippen molar-refractivity contribution >= 4 is 29.0 Å². The number of benzene rings is 1. The molecule has 1 rings (SSSR count). The Kier molecular flexibility index (Phi) is 5.74. The number of nitrogens with one attached hydrogen (secondary N) is 1. The van der Waals surface area contributed by atoms with E-state index in [-0.39, 0.29) is 12.5 Å². The van der Waals surface area contributed by atoms with Gasteiger partial charge in [0.25, 0.3) is 0 Å². The topological polar surface area (TPSA) is 75.3 Å². The van der Waals surface area contributed by atoms with Crippen LogP contribution >= 0.6 is 11.8 Å². The smallest absolute Gasteiger partial charge is 0.234 e. The number of aliphatic hydroxyl groups is 1. The number of hydrogen-bond acceptors (Lipinski definition) is 4. The molecule has 0 saturated heterocycles. The highest BCUT2D eigenvalue weighted by Gasteiger charge is 2.04. The number of anilines is 2. The summed E-state index contributed by atoms with van der Waals surface area (Å²) in [7, 11) is 0. The lowest BCUT2D eigenvalue weighted by molar-refractivity contribution is -0.113. The molecule has 1 aromatic rings. The van der Waals surface area contributed by atoms with Gasteiger partial charge in [0.05, 0.1) is 17.1 Å². The lowest BCUT2D eigenvalue weighted by atomic mass is 10.3. The minimum atomic E-state index is -0.0687. The second kappa shape index (κ2) is 7.14. The van der Waals surface area contributed by atoms with Crippen molar-refractivity contribution in [2.45, 2.75) is 6.42 Å². The second-order valence-corrected chi connectivity index (χ2v) is 4.37. The van der Waals surface area contributed by atoms with Crippen molar-refractivity contribution in [3.05, 3.63) is 24.3 Å². The SMILES string of the molecule is Nc1ccccc1NC(=O)CSCCCO. The van der Waals surface area contributed by atoms with Crippen LogP contribution in [0.3, 0.4) is 0 Å². The monoisotopic (exact) mass is 240 g/mol. The van der Waals surface area contributed by atoms with E-state index in [4.69, 9.17) is 10.8 Å². The van der Waals surface area contributed by atoms with Crippen LogP contribution in [0, 0.1) is 0 Å². The zero-order chi connectivity index (χ0) is 11.8. The van der Waals surface area contributed by atoms with Gasteiger partial charge in [0.15, 0.2) is 0 Å². The highest BCUT2D eigenvalue weighted by Crippen LogP contribution is 2.17. The summed E-state index contributed by atoms with van der Waals surface area (Å²) in [5, 5.41) is 11.3. The zero-order valence-electron chi connectivity index (χ0n) is 8.98. The fourth-order valence-electron chi connectivity index (χ4n) is 1.13. The lowest BCUT2D eigenvalue weighted by Crippen LogP contribution is -2.15. The number of hydrogen-bond donors (Lipinski definition) is 3. The van der Waals surface area contributed by atoms with Crippen LogP contribution in [0.5, 0.6) is 0 Å². The predicted octanol–water partition coefficient (Wildman–Crippen LogP) is 1.32. The maximum absolute atomic E-state index is 11.5. The Morgan fingerprint density at radius 1 is 1.44 bits per heavy atom. The normalized spacial score (nSPS) is 10.1. The summed E-state index contributed by atoms with van der Waals surface area (Å²) < 4.78 is 0. The van der Waals surface area contributed by atoms with Crippen molar-refractivity contribution in [3.63, 3.8) is 0 Å². The Morgan fingerprint density at radius 3 is 2.88 bits per heavy atom. The number of aliphatic hydroxyl groups excluding tert-OH is 1. The molecule has 0 radical (unpaired) electrons. The van der Waals surface area contributed by atoms with E-state index >= 15 is 0 Å². The molecule has 1 amide bonds. The molecule has 0 aromatic heterocycles. The Bertz CT molecular complexity index is 345. The van der Waals surface area contributed by atoms with Gasteiger partial charge in [0.1, 0.15) is 0 Å². The molecule has 0 bridgehead atoms. The number of nitrogens with two attached hydrogens (primary N) is 1. The summed E-state index contributed by atoms with van der Waals surface area (Å²) in [4.78, 5) is 11.5. The van der Waals surface area contributed by atoms with Gasteiger partial charge in [-0.15, -0.1) is 0 Å². The number of thioether (sulfide) groups is 1. The number of amides is 1.